The van der Waals surface area contributed by atoms with Gasteiger partial charge in [-0.15, -0.1) is 0 Å². The van der Waals surface area contributed by atoms with Crippen LogP contribution in [-0.2, 0) is 11.4 Å². The second-order valence-electron chi connectivity index (χ2n) is 9.99. The SMILES string of the molecule is COc1cc(OC[C@H](O)CC#N)ccc1-c1ccc2c(c1COc1cc(F)ccc1C)N(C)C(=O)C(C)(C)N2. The normalized spacial score (nSPS) is 14.6. The van der Waals surface area contributed by atoms with Gasteiger partial charge < -0.3 is 29.5 Å². The summed E-state index contributed by atoms with van der Waals surface area (Å²) in [5, 5.41) is 21.9. The molecule has 0 saturated heterocycles. The van der Waals surface area contributed by atoms with Crippen LogP contribution < -0.4 is 24.4 Å². The highest BCUT2D eigenvalue weighted by molar-refractivity contribution is 6.08. The van der Waals surface area contributed by atoms with Gasteiger partial charge in [-0.25, -0.2) is 4.39 Å². The number of anilines is 2. The van der Waals surface area contributed by atoms with Crippen molar-refractivity contribution in [1.29, 1.82) is 5.26 Å². The Hall–Kier alpha value is -4.29. The molecule has 0 unspecified atom stereocenters. The number of aryl methyl sites for hydroxylation is 1. The molecule has 2 N–H and O–H groups in total. The number of amides is 1. The van der Waals surface area contributed by atoms with Crippen molar-refractivity contribution in [2.45, 2.75) is 45.4 Å². The second-order valence-corrected chi connectivity index (χ2v) is 9.99. The highest BCUT2D eigenvalue weighted by Gasteiger charge is 2.38. The summed E-state index contributed by atoms with van der Waals surface area (Å²) in [6.45, 7) is 5.51. The lowest BCUT2D eigenvalue weighted by molar-refractivity contribution is -0.121. The van der Waals surface area contributed by atoms with E-state index in [1.165, 1.54) is 19.2 Å². The molecular formula is C30H32FN3O5. The van der Waals surface area contributed by atoms with E-state index in [4.69, 9.17) is 19.5 Å². The van der Waals surface area contributed by atoms with Gasteiger partial charge in [0.25, 0.3) is 5.91 Å². The first kappa shape index (κ1) is 27.7. The molecule has 1 aliphatic rings. The summed E-state index contributed by atoms with van der Waals surface area (Å²) in [6.07, 6.45) is -0.934. The van der Waals surface area contributed by atoms with E-state index in [9.17, 15) is 14.3 Å². The van der Waals surface area contributed by atoms with Gasteiger partial charge in [0.1, 0.15) is 47.9 Å². The second kappa shape index (κ2) is 11.2. The lowest BCUT2D eigenvalue weighted by Crippen LogP contribution is -2.52. The third-order valence-electron chi connectivity index (χ3n) is 6.66. The minimum Gasteiger partial charge on any atom is -0.496 e. The first-order chi connectivity index (χ1) is 18.6. The fourth-order valence-corrected chi connectivity index (χ4v) is 4.65. The highest BCUT2D eigenvalue weighted by Crippen LogP contribution is 2.45. The van der Waals surface area contributed by atoms with E-state index < -0.39 is 17.5 Å². The van der Waals surface area contributed by atoms with Gasteiger partial charge in [-0.2, -0.15) is 5.26 Å². The Labute approximate surface area is 227 Å². The van der Waals surface area contributed by atoms with Crippen LogP contribution in [0, 0.1) is 24.1 Å². The summed E-state index contributed by atoms with van der Waals surface area (Å²) in [4.78, 5) is 14.8. The average molecular weight is 534 g/mol. The van der Waals surface area contributed by atoms with Gasteiger partial charge in [0, 0.05) is 30.3 Å². The zero-order valence-electron chi connectivity index (χ0n) is 22.7. The number of carbonyl (C=O) groups excluding carboxylic acids is 1. The van der Waals surface area contributed by atoms with Crippen LogP contribution in [0.2, 0.25) is 0 Å². The minimum absolute atomic E-state index is 0.0322. The highest BCUT2D eigenvalue weighted by atomic mass is 19.1. The number of methoxy groups -OCH3 is 1. The lowest BCUT2D eigenvalue weighted by atomic mass is 9.91. The van der Waals surface area contributed by atoms with Crippen molar-refractivity contribution in [3.05, 3.63) is 65.5 Å². The Morgan fingerprint density at radius 2 is 1.85 bits per heavy atom. The number of nitrogens with one attached hydrogen (secondary N) is 1. The van der Waals surface area contributed by atoms with E-state index >= 15 is 0 Å². The Kier molecular flexibility index (Phi) is 7.98. The molecule has 0 aliphatic carbocycles. The summed E-state index contributed by atoms with van der Waals surface area (Å²) >= 11 is 0. The van der Waals surface area contributed by atoms with Crippen LogP contribution in [0.1, 0.15) is 31.4 Å². The van der Waals surface area contributed by atoms with Crippen molar-refractivity contribution in [3.63, 3.8) is 0 Å². The molecule has 0 spiro atoms. The maximum Gasteiger partial charge on any atom is 0.251 e. The number of hydrogen-bond donors (Lipinski definition) is 2. The van der Waals surface area contributed by atoms with Crippen molar-refractivity contribution < 1.29 is 28.5 Å². The molecule has 0 aromatic heterocycles. The first-order valence-corrected chi connectivity index (χ1v) is 12.5. The molecule has 4 rings (SSSR count). The maximum absolute atomic E-state index is 14.0. The summed E-state index contributed by atoms with van der Waals surface area (Å²) in [7, 11) is 3.27. The summed E-state index contributed by atoms with van der Waals surface area (Å²) in [5.41, 5.74) is 3.62. The number of ether oxygens (including phenoxy) is 3. The Morgan fingerprint density at radius 1 is 1.10 bits per heavy atom. The van der Waals surface area contributed by atoms with Crippen molar-refractivity contribution in [3.8, 4) is 34.4 Å². The van der Waals surface area contributed by atoms with E-state index in [1.54, 1.807) is 30.1 Å². The van der Waals surface area contributed by atoms with Gasteiger partial charge in [-0.05, 0) is 56.2 Å². The molecule has 39 heavy (non-hydrogen) atoms. The van der Waals surface area contributed by atoms with E-state index in [2.05, 4.69) is 5.32 Å². The minimum atomic E-state index is -0.902. The number of fused-ring (bicyclic) bond motifs is 1. The maximum atomic E-state index is 14.0. The van der Waals surface area contributed by atoms with E-state index in [0.717, 1.165) is 22.4 Å². The van der Waals surface area contributed by atoms with Gasteiger partial charge in [-0.1, -0.05) is 12.1 Å². The number of halogens is 1. The molecule has 0 fully saturated rings. The Morgan fingerprint density at radius 3 is 2.56 bits per heavy atom. The van der Waals surface area contributed by atoms with Gasteiger partial charge in [0.15, 0.2) is 0 Å². The van der Waals surface area contributed by atoms with Crippen molar-refractivity contribution in [2.24, 2.45) is 0 Å². The van der Waals surface area contributed by atoms with Gasteiger partial charge in [-0.3, -0.25) is 4.79 Å². The number of nitrogens with zero attached hydrogens (tertiary/aromatic N) is 2. The number of carbonyl (C=O) groups is 1. The Balaban J connectivity index is 1.79. The van der Waals surface area contributed by atoms with Crippen molar-refractivity contribution in [2.75, 3.05) is 31.0 Å². The summed E-state index contributed by atoms with van der Waals surface area (Å²) in [6, 6.07) is 15.4. The fourth-order valence-electron chi connectivity index (χ4n) is 4.65. The molecule has 204 valence electrons. The number of hydrogen-bond acceptors (Lipinski definition) is 7. The van der Waals surface area contributed by atoms with Crippen LogP contribution in [0.15, 0.2) is 48.5 Å². The number of rotatable bonds is 9. The topological polar surface area (TPSA) is 104 Å². The Bertz CT molecular complexity index is 1430. The van der Waals surface area contributed by atoms with Gasteiger partial charge >= 0.3 is 0 Å². The fraction of sp³-hybridized carbons (Fsp3) is 0.333. The van der Waals surface area contributed by atoms with E-state index in [-0.39, 0.29) is 25.5 Å². The summed E-state index contributed by atoms with van der Waals surface area (Å²) < 4.78 is 31.5. The molecule has 9 heteroatoms. The van der Waals surface area contributed by atoms with Crippen LogP contribution in [0.3, 0.4) is 0 Å². The number of aliphatic hydroxyl groups is 1. The van der Waals surface area contributed by atoms with Crippen molar-refractivity contribution in [1.82, 2.24) is 0 Å². The van der Waals surface area contributed by atoms with E-state index in [1.807, 2.05) is 45.0 Å². The monoisotopic (exact) mass is 533 g/mol. The quantitative estimate of drug-likeness (QED) is 0.389. The van der Waals surface area contributed by atoms with Crippen LogP contribution in [-0.4, -0.2) is 43.4 Å². The molecule has 0 radical (unpaired) electrons. The molecule has 8 nitrogen and oxygen atoms in total. The predicted octanol–water partition coefficient (Wildman–Crippen LogP) is 5.21. The lowest BCUT2D eigenvalue weighted by Gasteiger charge is -2.39. The molecule has 1 aliphatic heterocycles. The molecule has 1 heterocycles. The zero-order chi connectivity index (χ0) is 28.3. The van der Waals surface area contributed by atoms with Gasteiger partial charge in [0.2, 0.25) is 0 Å². The smallest absolute Gasteiger partial charge is 0.251 e. The van der Waals surface area contributed by atoms with Crippen LogP contribution in [0.4, 0.5) is 15.8 Å². The third kappa shape index (κ3) is 5.76. The molecule has 3 aromatic carbocycles. The first-order valence-electron chi connectivity index (χ1n) is 12.5. The third-order valence-corrected chi connectivity index (χ3v) is 6.66. The van der Waals surface area contributed by atoms with Crippen LogP contribution in [0.5, 0.6) is 17.2 Å². The van der Waals surface area contributed by atoms with Crippen LogP contribution >= 0.6 is 0 Å². The molecule has 3 aromatic rings. The van der Waals surface area contributed by atoms with E-state index in [0.29, 0.717) is 28.5 Å². The number of benzene rings is 3. The standard InChI is InChI=1S/C30H32FN3O5/c1-18-6-7-19(31)14-26(18)39-17-24-22(10-11-25-28(24)34(4)29(36)30(2,3)33-25)23-9-8-21(15-27(23)37-5)38-16-20(35)12-13-32/h6-11,14-15,20,33,35H,12,16-17H2,1-5H3/t20-/m1/s1. The number of nitriles is 1. The summed E-state index contributed by atoms with van der Waals surface area (Å²) in [5.74, 6) is 0.863. The molecular weight excluding hydrogens is 501 g/mol. The molecule has 0 bridgehead atoms. The molecule has 1 amide bonds. The molecule has 1 atom stereocenters. The van der Waals surface area contributed by atoms with Crippen LogP contribution in [0.25, 0.3) is 11.1 Å². The molecule has 0 saturated carbocycles. The van der Waals surface area contributed by atoms with Gasteiger partial charge in [0.05, 0.1) is 31.0 Å². The zero-order valence-corrected chi connectivity index (χ0v) is 22.7. The largest absolute Gasteiger partial charge is 0.496 e. The number of aliphatic hydroxyl groups excluding tert-OH is 1. The number of likely N-dealkylation sites (N-methyl/N-ethyl adjacent to an activating group) is 1. The van der Waals surface area contributed by atoms with Crippen molar-refractivity contribution >= 4 is 17.3 Å². The predicted molar refractivity (Wildman–Crippen MR) is 147 cm³/mol. The average Bonchev–Trinajstić information content (AvgIpc) is 2.90.